The first-order valence-corrected chi connectivity index (χ1v) is 9.68. The van der Waals surface area contributed by atoms with E-state index in [1.165, 1.54) is 34.5 Å². The third kappa shape index (κ3) is 4.52. The Hall–Kier alpha value is -4.65. The van der Waals surface area contributed by atoms with Crippen molar-refractivity contribution >= 4 is 12.1 Å². The molecule has 2 aromatic carbocycles. The number of benzene rings is 2. The van der Waals surface area contributed by atoms with Crippen LogP contribution in [-0.2, 0) is 0 Å². The molecular formula is C23H21N5O5. The number of methoxy groups -OCH3 is 3. The highest BCUT2D eigenvalue weighted by atomic mass is 16.5. The third-order valence-electron chi connectivity index (χ3n) is 4.78. The Labute approximate surface area is 189 Å². The van der Waals surface area contributed by atoms with Crippen LogP contribution in [0.4, 0.5) is 0 Å². The Morgan fingerprint density at radius 2 is 1.79 bits per heavy atom. The van der Waals surface area contributed by atoms with Crippen LogP contribution in [0.2, 0.25) is 0 Å². The average molecular weight is 447 g/mol. The van der Waals surface area contributed by atoms with Crippen LogP contribution >= 0.6 is 0 Å². The fourth-order valence-electron chi connectivity index (χ4n) is 3.15. The normalized spacial score (nSPS) is 10.5. The number of carbonyl (C=O) groups excluding carboxylic acids is 1. The summed E-state index contributed by atoms with van der Waals surface area (Å²) in [6, 6.07) is 13.7. The zero-order chi connectivity index (χ0) is 24.0. The quantitative estimate of drug-likeness (QED) is 0.434. The lowest BCUT2D eigenvalue weighted by Gasteiger charge is -2.13. The second-order valence-electron chi connectivity index (χ2n) is 6.63. The lowest BCUT2D eigenvalue weighted by atomic mass is 10.1. The molecule has 0 radical (unpaired) electrons. The molecule has 10 nitrogen and oxygen atoms in total. The number of amides is 1. The molecule has 0 aliphatic heterocycles. The maximum Gasteiger partial charge on any atom is 0.292 e. The van der Waals surface area contributed by atoms with E-state index >= 15 is 0 Å². The number of nitriles is 1. The van der Waals surface area contributed by atoms with Crippen LogP contribution in [0.25, 0.3) is 5.69 Å². The van der Waals surface area contributed by atoms with Gasteiger partial charge in [-0.15, -0.1) is 0 Å². The molecule has 168 valence electrons. The van der Waals surface area contributed by atoms with Gasteiger partial charge in [0.25, 0.3) is 11.5 Å². The van der Waals surface area contributed by atoms with E-state index in [1.54, 1.807) is 42.5 Å². The second-order valence-corrected chi connectivity index (χ2v) is 6.63. The topological polar surface area (TPSA) is 128 Å². The van der Waals surface area contributed by atoms with Gasteiger partial charge in [-0.1, -0.05) is 18.2 Å². The third-order valence-corrected chi connectivity index (χ3v) is 4.78. The molecule has 1 heterocycles. The molecule has 0 unspecified atom stereocenters. The van der Waals surface area contributed by atoms with Gasteiger partial charge in [-0.2, -0.15) is 20.1 Å². The van der Waals surface area contributed by atoms with Gasteiger partial charge in [0.1, 0.15) is 23.1 Å². The molecule has 0 fully saturated rings. The summed E-state index contributed by atoms with van der Waals surface area (Å²) in [6.07, 6.45) is 1.38. The molecule has 1 aromatic heterocycles. The fraction of sp³-hybridized carbons (Fsp3) is 0.174. The van der Waals surface area contributed by atoms with Crippen molar-refractivity contribution < 1.29 is 19.0 Å². The number of hydrogen-bond donors (Lipinski definition) is 1. The molecular weight excluding hydrogens is 426 g/mol. The summed E-state index contributed by atoms with van der Waals surface area (Å²) in [7, 11) is 4.45. The monoisotopic (exact) mass is 447 g/mol. The minimum absolute atomic E-state index is 0.133. The first-order chi connectivity index (χ1) is 16.0. The largest absolute Gasteiger partial charge is 0.494 e. The number of para-hydroxylation sites is 3. The molecule has 3 aromatic rings. The Bertz CT molecular complexity index is 1320. The smallest absolute Gasteiger partial charge is 0.292 e. The van der Waals surface area contributed by atoms with Crippen molar-refractivity contribution in [3.05, 3.63) is 75.2 Å². The van der Waals surface area contributed by atoms with Crippen LogP contribution in [0.5, 0.6) is 17.2 Å². The molecule has 0 aliphatic carbocycles. The van der Waals surface area contributed by atoms with Crippen molar-refractivity contribution in [3.8, 4) is 29.0 Å². The summed E-state index contributed by atoms with van der Waals surface area (Å²) < 4.78 is 16.8. The van der Waals surface area contributed by atoms with Crippen molar-refractivity contribution in [2.75, 3.05) is 21.3 Å². The van der Waals surface area contributed by atoms with E-state index < -0.39 is 11.5 Å². The molecule has 10 heteroatoms. The van der Waals surface area contributed by atoms with Crippen molar-refractivity contribution in [2.24, 2.45) is 5.10 Å². The zero-order valence-electron chi connectivity index (χ0n) is 18.4. The SMILES string of the molecule is COc1ccccc1-n1nc(C(=O)NN=Cc2cccc(OC)c2OC)c(C)c(C#N)c1=O. The number of ether oxygens (including phenoxy) is 3. The van der Waals surface area contributed by atoms with E-state index in [1.807, 2.05) is 6.07 Å². The predicted octanol–water partition coefficient (Wildman–Crippen LogP) is 2.20. The van der Waals surface area contributed by atoms with Gasteiger partial charge in [-0.25, -0.2) is 5.43 Å². The van der Waals surface area contributed by atoms with Gasteiger partial charge in [-0.3, -0.25) is 9.59 Å². The molecule has 0 aliphatic rings. The van der Waals surface area contributed by atoms with Crippen LogP contribution in [0, 0.1) is 18.3 Å². The lowest BCUT2D eigenvalue weighted by molar-refractivity contribution is 0.0947. The number of hydrogen-bond acceptors (Lipinski definition) is 8. The highest BCUT2D eigenvalue weighted by Crippen LogP contribution is 2.29. The van der Waals surface area contributed by atoms with Crippen LogP contribution < -0.4 is 25.2 Å². The summed E-state index contributed by atoms with van der Waals surface area (Å²) in [4.78, 5) is 25.7. The minimum atomic E-state index is -0.703. The summed E-state index contributed by atoms with van der Waals surface area (Å²) in [5, 5.41) is 17.7. The second kappa shape index (κ2) is 10.1. The summed E-state index contributed by atoms with van der Waals surface area (Å²) in [6.45, 7) is 1.48. The summed E-state index contributed by atoms with van der Waals surface area (Å²) >= 11 is 0. The van der Waals surface area contributed by atoms with Crippen molar-refractivity contribution in [1.82, 2.24) is 15.2 Å². The van der Waals surface area contributed by atoms with E-state index in [0.717, 1.165) is 4.68 Å². The molecule has 0 atom stereocenters. The van der Waals surface area contributed by atoms with Crippen LogP contribution in [-0.4, -0.2) is 43.2 Å². The number of aromatic nitrogens is 2. The van der Waals surface area contributed by atoms with E-state index in [2.05, 4.69) is 15.6 Å². The standard InChI is InChI=1S/C23H21N5O5/c1-14-16(12-24)23(30)28(17-9-5-6-10-18(17)31-2)27-20(14)22(29)26-25-13-15-8-7-11-19(32-3)21(15)33-4/h5-11,13H,1-4H3,(H,26,29). The number of rotatable bonds is 7. The Morgan fingerprint density at radius 3 is 2.45 bits per heavy atom. The molecule has 0 saturated heterocycles. The number of hydrazone groups is 1. The number of nitrogens with one attached hydrogen (secondary N) is 1. The highest BCUT2D eigenvalue weighted by molar-refractivity contribution is 5.95. The van der Waals surface area contributed by atoms with Crippen LogP contribution in [0.1, 0.15) is 27.2 Å². The summed E-state index contributed by atoms with van der Waals surface area (Å²) in [5.74, 6) is 0.608. The van der Waals surface area contributed by atoms with E-state index in [0.29, 0.717) is 28.5 Å². The molecule has 0 spiro atoms. The molecule has 0 bridgehead atoms. The lowest BCUT2D eigenvalue weighted by Crippen LogP contribution is -2.31. The Balaban J connectivity index is 2.00. The maximum absolute atomic E-state index is 12.9. The first kappa shape index (κ1) is 23.0. The molecule has 3 rings (SSSR count). The molecule has 1 amide bonds. The maximum atomic E-state index is 12.9. The predicted molar refractivity (Wildman–Crippen MR) is 120 cm³/mol. The average Bonchev–Trinajstić information content (AvgIpc) is 2.84. The van der Waals surface area contributed by atoms with Crippen molar-refractivity contribution in [2.45, 2.75) is 6.92 Å². The van der Waals surface area contributed by atoms with Gasteiger partial charge < -0.3 is 14.2 Å². The van der Waals surface area contributed by atoms with Gasteiger partial charge in [0, 0.05) is 11.1 Å². The van der Waals surface area contributed by atoms with Crippen molar-refractivity contribution in [3.63, 3.8) is 0 Å². The highest BCUT2D eigenvalue weighted by Gasteiger charge is 2.21. The Morgan fingerprint density at radius 1 is 1.09 bits per heavy atom. The van der Waals surface area contributed by atoms with Gasteiger partial charge in [0.15, 0.2) is 17.2 Å². The molecule has 33 heavy (non-hydrogen) atoms. The Kier molecular flexibility index (Phi) is 7.05. The summed E-state index contributed by atoms with van der Waals surface area (Å²) in [5.41, 5.74) is 2.36. The zero-order valence-corrected chi connectivity index (χ0v) is 18.4. The van der Waals surface area contributed by atoms with E-state index in [9.17, 15) is 14.9 Å². The van der Waals surface area contributed by atoms with Gasteiger partial charge in [-0.05, 0) is 31.2 Å². The van der Waals surface area contributed by atoms with Gasteiger partial charge in [0.2, 0.25) is 0 Å². The molecule has 1 N–H and O–H groups in total. The van der Waals surface area contributed by atoms with Crippen LogP contribution in [0.15, 0.2) is 52.4 Å². The fourth-order valence-corrected chi connectivity index (χ4v) is 3.15. The minimum Gasteiger partial charge on any atom is -0.494 e. The van der Waals surface area contributed by atoms with Gasteiger partial charge in [0.05, 0.1) is 27.5 Å². The van der Waals surface area contributed by atoms with Crippen LogP contribution in [0.3, 0.4) is 0 Å². The number of nitrogens with zero attached hydrogens (tertiary/aromatic N) is 4. The van der Waals surface area contributed by atoms with Gasteiger partial charge >= 0.3 is 0 Å². The molecule has 0 saturated carbocycles. The first-order valence-electron chi connectivity index (χ1n) is 9.68. The van der Waals surface area contributed by atoms with E-state index in [-0.39, 0.29) is 16.8 Å². The number of carbonyl (C=O) groups is 1. The van der Waals surface area contributed by atoms with E-state index in [4.69, 9.17) is 14.2 Å². The van der Waals surface area contributed by atoms with Crippen molar-refractivity contribution in [1.29, 1.82) is 5.26 Å².